The maximum atomic E-state index is 12.2. The first-order valence-electron chi connectivity index (χ1n) is 7.15. The lowest BCUT2D eigenvalue weighted by Crippen LogP contribution is -2.05. The van der Waals surface area contributed by atoms with E-state index in [4.69, 9.17) is 9.47 Å². The molecular weight excluding hydrogens is 290 g/mol. The van der Waals surface area contributed by atoms with Crippen molar-refractivity contribution in [3.8, 4) is 0 Å². The Morgan fingerprint density at radius 1 is 1.00 bits per heavy atom. The smallest absolute Gasteiger partial charge is 0.343 e. The summed E-state index contributed by atoms with van der Waals surface area (Å²) in [6.07, 6.45) is 3.45. The summed E-state index contributed by atoms with van der Waals surface area (Å²) in [7, 11) is 1.53. The molecule has 4 heteroatoms. The number of methoxy groups -OCH3 is 1. The SMILES string of the molecule is COC1=N/C(=C\c2ccccc2)C(OC(=O)c2ccccc2)=C1. The molecule has 23 heavy (non-hydrogen) atoms. The largest absolute Gasteiger partial charge is 0.481 e. The van der Waals surface area contributed by atoms with Crippen LogP contribution in [-0.4, -0.2) is 19.0 Å². The average molecular weight is 305 g/mol. The monoisotopic (exact) mass is 305 g/mol. The second-order valence-electron chi connectivity index (χ2n) is 4.86. The van der Waals surface area contributed by atoms with Gasteiger partial charge >= 0.3 is 5.97 Å². The van der Waals surface area contributed by atoms with Crippen molar-refractivity contribution in [3.63, 3.8) is 0 Å². The van der Waals surface area contributed by atoms with Crippen LogP contribution >= 0.6 is 0 Å². The summed E-state index contributed by atoms with van der Waals surface area (Å²) < 4.78 is 10.6. The quantitative estimate of drug-likeness (QED) is 0.810. The number of benzene rings is 2. The second-order valence-corrected chi connectivity index (χ2v) is 4.86. The van der Waals surface area contributed by atoms with Crippen LogP contribution in [0.5, 0.6) is 0 Å². The van der Waals surface area contributed by atoms with Gasteiger partial charge in [-0.25, -0.2) is 9.79 Å². The van der Waals surface area contributed by atoms with Crippen molar-refractivity contribution in [2.24, 2.45) is 4.99 Å². The predicted molar refractivity (Wildman–Crippen MR) is 88.8 cm³/mol. The second kappa shape index (κ2) is 6.75. The van der Waals surface area contributed by atoms with Gasteiger partial charge in [-0.3, -0.25) is 0 Å². The van der Waals surface area contributed by atoms with Gasteiger partial charge in [-0.1, -0.05) is 48.5 Å². The molecule has 0 N–H and O–H groups in total. The lowest BCUT2D eigenvalue weighted by molar-refractivity contribution is 0.0634. The highest BCUT2D eigenvalue weighted by atomic mass is 16.5. The Morgan fingerprint density at radius 2 is 1.65 bits per heavy atom. The highest BCUT2D eigenvalue weighted by Crippen LogP contribution is 2.24. The molecule has 2 aromatic carbocycles. The van der Waals surface area contributed by atoms with Crippen LogP contribution in [0.3, 0.4) is 0 Å². The zero-order valence-corrected chi connectivity index (χ0v) is 12.6. The molecule has 0 spiro atoms. The first-order chi connectivity index (χ1) is 11.3. The molecule has 0 unspecified atom stereocenters. The normalized spacial score (nSPS) is 15.1. The van der Waals surface area contributed by atoms with Crippen molar-refractivity contribution in [3.05, 3.63) is 89.3 Å². The van der Waals surface area contributed by atoms with E-state index in [1.54, 1.807) is 30.3 Å². The Morgan fingerprint density at radius 3 is 2.30 bits per heavy atom. The van der Waals surface area contributed by atoms with E-state index in [2.05, 4.69) is 4.99 Å². The number of carbonyl (C=O) groups excluding carboxylic acids is 1. The van der Waals surface area contributed by atoms with Gasteiger partial charge in [0.2, 0.25) is 5.90 Å². The minimum Gasteiger partial charge on any atom is -0.481 e. The van der Waals surface area contributed by atoms with Crippen LogP contribution in [0.25, 0.3) is 6.08 Å². The van der Waals surface area contributed by atoms with Gasteiger partial charge in [0, 0.05) is 6.08 Å². The Labute approximate surface area is 134 Å². The minimum absolute atomic E-state index is 0.375. The zero-order chi connectivity index (χ0) is 16.1. The third kappa shape index (κ3) is 3.55. The molecule has 4 nitrogen and oxygen atoms in total. The van der Waals surface area contributed by atoms with Gasteiger partial charge in [0.25, 0.3) is 0 Å². The fourth-order valence-corrected chi connectivity index (χ4v) is 2.12. The van der Waals surface area contributed by atoms with E-state index in [1.807, 2.05) is 42.5 Å². The summed E-state index contributed by atoms with van der Waals surface area (Å²) in [6.45, 7) is 0. The van der Waals surface area contributed by atoms with Crippen LogP contribution in [0.1, 0.15) is 15.9 Å². The standard InChI is InChI=1S/C19H15NO3/c1-22-18-13-17(23-19(21)15-10-6-3-7-11-15)16(20-18)12-14-8-4-2-5-9-14/h2-13H,1H3/b16-12-. The topological polar surface area (TPSA) is 47.9 Å². The Hall–Kier alpha value is -3.14. The highest BCUT2D eigenvalue weighted by molar-refractivity contribution is 5.96. The van der Waals surface area contributed by atoms with Gasteiger partial charge < -0.3 is 9.47 Å². The molecule has 3 rings (SSSR count). The van der Waals surface area contributed by atoms with Crippen LogP contribution in [-0.2, 0) is 9.47 Å². The molecule has 0 aliphatic carbocycles. The van der Waals surface area contributed by atoms with Gasteiger partial charge in [0.15, 0.2) is 5.76 Å². The third-order valence-corrected chi connectivity index (χ3v) is 3.26. The minimum atomic E-state index is -0.427. The zero-order valence-electron chi connectivity index (χ0n) is 12.6. The lowest BCUT2D eigenvalue weighted by Gasteiger charge is -2.06. The van der Waals surface area contributed by atoms with Gasteiger partial charge in [-0.2, -0.15) is 0 Å². The van der Waals surface area contributed by atoms with Crippen molar-refractivity contribution in [1.82, 2.24) is 0 Å². The highest BCUT2D eigenvalue weighted by Gasteiger charge is 2.20. The molecule has 0 saturated carbocycles. The molecule has 1 heterocycles. The maximum Gasteiger partial charge on any atom is 0.343 e. The number of rotatable bonds is 3. The van der Waals surface area contributed by atoms with E-state index in [0.29, 0.717) is 22.9 Å². The summed E-state index contributed by atoms with van der Waals surface area (Å²) in [5, 5.41) is 0. The lowest BCUT2D eigenvalue weighted by atomic mass is 10.2. The molecule has 1 aliphatic heterocycles. The summed E-state index contributed by atoms with van der Waals surface area (Å²) in [5.41, 5.74) is 2.00. The summed E-state index contributed by atoms with van der Waals surface area (Å²) >= 11 is 0. The molecule has 0 radical (unpaired) electrons. The van der Waals surface area contributed by atoms with E-state index in [0.717, 1.165) is 5.56 Å². The van der Waals surface area contributed by atoms with E-state index in [1.165, 1.54) is 7.11 Å². The number of carbonyl (C=O) groups is 1. The van der Waals surface area contributed by atoms with Gasteiger partial charge in [-0.15, -0.1) is 0 Å². The predicted octanol–water partition coefficient (Wildman–Crippen LogP) is 3.83. The first kappa shape index (κ1) is 14.8. The van der Waals surface area contributed by atoms with Gasteiger partial charge in [0.05, 0.1) is 12.7 Å². The third-order valence-electron chi connectivity index (χ3n) is 3.26. The maximum absolute atomic E-state index is 12.2. The van der Waals surface area contributed by atoms with Crippen molar-refractivity contribution in [1.29, 1.82) is 0 Å². The number of ether oxygens (including phenoxy) is 2. The fourth-order valence-electron chi connectivity index (χ4n) is 2.12. The van der Waals surface area contributed by atoms with Crippen molar-refractivity contribution < 1.29 is 14.3 Å². The Bertz CT molecular complexity index is 790. The number of esters is 1. The van der Waals surface area contributed by atoms with E-state index < -0.39 is 5.97 Å². The molecule has 0 bridgehead atoms. The van der Waals surface area contributed by atoms with Crippen LogP contribution in [0.4, 0.5) is 0 Å². The first-order valence-corrected chi connectivity index (χ1v) is 7.15. The molecule has 0 amide bonds. The van der Waals surface area contributed by atoms with E-state index in [-0.39, 0.29) is 0 Å². The van der Waals surface area contributed by atoms with Crippen molar-refractivity contribution in [2.75, 3.05) is 7.11 Å². The molecule has 0 saturated heterocycles. The van der Waals surface area contributed by atoms with E-state index in [9.17, 15) is 4.79 Å². The van der Waals surface area contributed by atoms with Crippen LogP contribution < -0.4 is 0 Å². The molecule has 0 atom stereocenters. The number of nitrogens with zero attached hydrogens (tertiary/aromatic N) is 1. The molecule has 0 fully saturated rings. The Kier molecular flexibility index (Phi) is 4.34. The Balaban J connectivity index is 1.85. The fraction of sp³-hybridized carbons (Fsp3) is 0.0526. The van der Waals surface area contributed by atoms with Crippen molar-refractivity contribution in [2.45, 2.75) is 0 Å². The summed E-state index contributed by atoms with van der Waals surface area (Å²) in [6, 6.07) is 18.5. The number of aliphatic imine (C=N–C) groups is 1. The number of hydrogen-bond acceptors (Lipinski definition) is 4. The van der Waals surface area contributed by atoms with Gasteiger partial charge in [-0.05, 0) is 23.8 Å². The van der Waals surface area contributed by atoms with Crippen LogP contribution in [0.15, 0.2) is 83.2 Å². The molecule has 0 aromatic heterocycles. The van der Waals surface area contributed by atoms with E-state index >= 15 is 0 Å². The van der Waals surface area contributed by atoms with Crippen molar-refractivity contribution >= 4 is 17.9 Å². The number of hydrogen-bond donors (Lipinski definition) is 0. The molecular formula is C19H15NO3. The van der Waals surface area contributed by atoms with Crippen LogP contribution in [0, 0.1) is 0 Å². The average Bonchev–Trinajstić information content (AvgIpc) is 2.98. The summed E-state index contributed by atoms with van der Waals surface area (Å²) in [5.74, 6) is 0.353. The van der Waals surface area contributed by atoms with Crippen LogP contribution in [0.2, 0.25) is 0 Å². The molecule has 114 valence electrons. The van der Waals surface area contributed by atoms with Gasteiger partial charge in [0.1, 0.15) is 5.70 Å². The molecule has 2 aromatic rings. The molecule has 1 aliphatic rings. The summed E-state index contributed by atoms with van der Waals surface area (Å²) in [4.78, 5) is 16.5.